The minimum Gasteiger partial charge on any atom is -0.455 e. The summed E-state index contributed by atoms with van der Waals surface area (Å²) in [4.78, 5) is 24.7. The van der Waals surface area contributed by atoms with Gasteiger partial charge in [-0.25, -0.2) is 9.18 Å². The lowest BCUT2D eigenvalue weighted by Gasteiger charge is -2.17. The number of hydrogen-bond donors (Lipinski definition) is 2. The third-order valence-electron chi connectivity index (χ3n) is 4.43. The van der Waals surface area contributed by atoms with Crippen LogP contribution in [0.1, 0.15) is 21.5 Å². The highest BCUT2D eigenvalue weighted by atomic mass is 79.9. The van der Waals surface area contributed by atoms with Gasteiger partial charge in [0, 0.05) is 10.7 Å². The van der Waals surface area contributed by atoms with Gasteiger partial charge in [0.1, 0.15) is 17.3 Å². The molecule has 5 nitrogen and oxygen atoms in total. The fourth-order valence-electron chi connectivity index (χ4n) is 2.89. The van der Waals surface area contributed by atoms with E-state index in [4.69, 9.17) is 39.5 Å². The molecule has 0 atom stereocenters. The van der Waals surface area contributed by atoms with Gasteiger partial charge in [0.15, 0.2) is 0 Å². The van der Waals surface area contributed by atoms with Crippen molar-refractivity contribution in [2.75, 3.05) is 5.32 Å². The zero-order chi connectivity index (χ0) is 23.6. The van der Waals surface area contributed by atoms with Crippen molar-refractivity contribution in [3.8, 4) is 11.5 Å². The Kier molecular flexibility index (Phi) is 7.67. The molecule has 3 aromatic carbocycles. The number of urea groups is 1. The normalized spacial score (nSPS) is 10.6. The van der Waals surface area contributed by atoms with Gasteiger partial charge in [-0.05, 0) is 77.3 Å². The van der Waals surface area contributed by atoms with Crippen LogP contribution in [-0.4, -0.2) is 11.9 Å². The number of halogens is 5. The molecule has 0 fully saturated rings. The quantitative estimate of drug-likeness (QED) is 0.341. The number of hydrogen-bond acceptors (Lipinski definition) is 3. The van der Waals surface area contributed by atoms with Crippen LogP contribution < -0.4 is 15.4 Å². The first-order valence-electron chi connectivity index (χ1n) is 9.07. The minimum absolute atomic E-state index is 0.111. The van der Waals surface area contributed by atoms with E-state index in [0.29, 0.717) is 37.8 Å². The molecule has 3 amide bonds. The summed E-state index contributed by atoms with van der Waals surface area (Å²) in [7, 11) is 0. The standard InChI is InChI=1S/C22H15BrCl3FN2O3/c1-10-8-17(32-16-7-6-12(24)9-13(16)23)19(26)11(2)20(10)28-22(31)29-21(30)18-14(25)4-3-5-15(18)27/h3-9H,1-2H3,(H2,28,29,30,31). The van der Waals surface area contributed by atoms with E-state index in [1.54, 1.807) is 38.1 Å². The SMILES string of the molecule is Cc1cc(Oc2ccc(Cl)cc2Br)c(Cl)c(C)c1NC(=O)NC(=O)c1c(F)cccc1Cl. The molecule has 0 saturated carbocycles. The molecule has 0 aliphatic carbocycles. The number of anilines is 1. The Hall–Kier alpha value is -2.32. The minimum atomic E-state index is -0.973. The summed E-state index contributed by atoms with van der Waals surface area (Å²) >= 11 is 21.7. The number of rotatable bonds is 4. The first-order chi connectivity index (χ1) is 15.1. The molecule has 0 aliphatic rings. The van der Waals surface area contributed by atoms with E-state index >= 15 is 0 Å². The van der Waals surface area contributed by atoms with Crippen LogP contribution in [0.4, 0.5) is 14.9 Å². The molecule has 166 valence electrons. The molecule has 2 N–H and O–H groups in total. The molecule has 0 aromatic heterocycles. The van der Waals surface area contributed by atoms with Crippen molar-refractivity contribution in [2.24, 2.45) is 0 Å². The van der Waals surface area contributed by atoms with Crippen LogP contribution in [0, 0.1) is 19.7 Å². The van der Waals surface area contributed by atoms with E-state index in [-0.39, 0.29) is 10.0 Å². The second-order valence-electron chi connectivity index (χ2n) is 6.69. The first kappa shape index (κ1) is 24.3. The number of imide groups is 1. The van der Waals surface area contributed by atoms with Crippen molar-refractivity contribution in [2.45, 2.75) is 13.8 Å². The third kappa shape index (κ3) is 5.35. The highest BCUT2D eigenvalue weighted by molar-refractivity contribution is 9.10. The van der Waals surface area contributed by atoms with Crippen LogP contribution >= 0.6 is 50.7 Å². The Bertz CT molecular complexity index is 1220. The number of amides is 3. The van der Waals surface area contributed by atoms with Crippen LogP contribution in [0.15, 0.2) is 46.9 Å². The smallest absolute Gasteiger partial charge is 0.326 e. The second-order valence-corrected chi connectivity index (χ2v) is 8.76. The zero-order valence-electron chi connectivity index (χ0n) is 16.7. The maximum absolute atomic E-state index is 13.9. The van der Waals surface area contributed by atoms with E-state index in [0.717, 1.165) is 6.07 Å². The van der Waals surface area contributed by atoms with E-state index in [2.05, 4.69) is 26.6 Å². The van der Waals surface area contributed by atoms with E-state index in [1.165, 1.54) is 12.1 Å². The van der Waals surface area contributed by atoms with Crippen LogP contribution in [0.25, 0.3) is 0 Å². The summed E-state index contributed by atoms with van der Waals surface area (Å²) in [5.74, 6) is -0.946. The Balaban J connectivity index is 1.81. The Morgan fingerprint density at radius 1 is 1.03 bits per heavy atom. The molecular weight excluding hydrogens is 546 g/mol. The lowest BCUT2D eigenvalue weighted by molar-refractivity contribution is 0.0963. The average molecular weight is 561 g/mol. The van der Waals surface area contributed by atoms with Crippen LogP contribution in [0.5, 0.6) is 11.5 Å². The van der Waals surface area contributed by atoms with Crippen molar-refractivity contribution in [3.63, 3.8) is 0 Å². The monoisotopic (exact) mass is 558 g/mol. The highest BCUT2D eigenvalue weighted by Crippen LogP contribution is 2.40. The van der Waals surface area contributed by atoms with Gasteiger partial charge in [-0.1, -0.05) is 40.9 Å². The molecule has 0 bridgehead atoms. The number of benzene rings is 3. The van der Waals surface area contributed by atoms with Gasteiger partial charge >= 0.3 is 6.03 Å². The first-order valence-corrected chi connectivity index (χ1v) is 11.0. The van der Waals surface area contributed by atoms with Gasteiger partial charge in [-0.3, -0.25) is 10.1 Å². The number of nitrogens with one attached hydrogen (secondary N) is 2. The summed E-state index contributed by atoms with van der Waals surface area (Å²) in [5, 5.41) is 5.32. The predicted octanol–water partition coefficient (Wildman–Crippen LogP) is 7.92. The van der Waals surface area contributed by atoms with Crippen molar-refractivity contribution in [1.82, 2.24) is 5.32 Å². The van der Waals surface area contributed by atoms with E-state index in [1.807, 2.05) is 0 Å². The molecule has 0 saturated heterocycles. The van der Waals surface area contributed by atoms with Gasteiger partial charge in [0.2, 0.25) is 0 Å². The molecule has 0 heterocycles. The summed E-state index contributed by atoms with van der Waals surface area (Å²) in [6.45, 7) is 3.42. The van der Waals surface area contributed by atoms with E-state index in [9.17, 15) is 14.0 Å². The van der Waals surface area contributed by atoms with Gasteiger partial charge in [-0.2, -0.15) is 0 Å². The molecule has 32 heavy (non-hydrogen) atoms. The summed E-state index contributed by atoms with van der Waals surface area (Å²) < 4.78 is 20.4. The fraction of sp³-hybridized carbons (Fsp3) is 0.0909. The Labute approximate surface area is 206 Å². The van der Waals surface area contributed by atoms with Crippen molar-refractivity contribution in [3.05, 3.63) is 84.5 Å². The van der Waals surface area contributed by atoms with Gasteiger partial charge in [-0.15, -0.1) is 0 Å². The number of carbonyl (C=O) groups excluding carboxylic acids is 2. The second kappa shape index (κ2) is 10.1. The third-order valence-corrected chi connectivity index (χ3v) is 6.07. The van der Waals surface area contributed by atoms with Crippen LogP contribution in [0.2, 0.25) is 15.1 Å². The Morgan fingerprint density at radius 2 is 1.75 bits per heavy atom. The molecule has 0 aliphatic heterocycles. The summed E-state index contributed by atoms with van der Waals surface area (Å²) in [6, 6.07) is 9.60. The topological polar surface area (TPSA) is 67.4 Å². The largest absolute Gasteiger partial charge is 0.455 e. The lowest BCUT2D eigenvalue weighted by atomic mass is 10.1. The van der Waals surface area contributed by atoms with E-state index < -0.39 is 23.3 Å². The van der Waals surface area contributed by atoms with Crippen LogP contribution in [-0.2, 0) is 0 Å². The fourth-order valence-corrected chi connectivity index (χ4v) is 4.09. The highest BCUT2D eigenvalue weighted by Gasteiger charge is 2.20. The molecule has 0 radical (unpaired) electrons. The van der Waals surface area contributed by atoms with Crippen molar-refractivity contribution < 1.29 is 18.7 Å². The molecular formula is C22H15BrCl3FN2O3. The van der Waals surface area contributed by atoms with Gasteiger partial charge in [0.25, 0.3) is 5.91 Å². The zero-order valence-corrected chi connectivity index (χ0v) is 20.5. The number of ether oxygens (including phenoxy) is 1. The van der Waals surface area contributed by atoms with Gasteiger partial charge in [0.05, 0.1) is 20.1 Å². The van der Waals surface area contributed by atoms with Crippen LogP contribution in [0.3, 0.4) is 0 Å². The summed E-state index contributed by atoms with van der Waals surface area (Å²) in [5.41, 5.74) is 1.09. The van der Waals surface area contributed by atoms with Crippen molar-refractivity contribution >= 4 is 68.4 Å². The Morgan fingerprint density at radius 3 is 2.41 bits per heavy atom. The molecule has 3 aromatic rings. The van der Waals surface area contributed by atoms with Crippen molar-refractivity contribution in [1.29, 1.82) is 0 Å². The average Bonchev–Trinajstić information content (AvgIpc) is 2.71. The maximum Gasteiger partial charge on any atom is 0.326 e. The predicted molar refractivity (Wildman–Crippen MR) is 128 cm³/mol. The molecule has 0 unspecified atom stereocenters. The molecule has 3 rings (SSSR count). The molecule has 10 heteroatoms. The number of aryl methyl sites for hydroxylation is 1. The summed E-state index contributed by atoms with van der Waals surface area (Å²) in [6.07, 6.45) is 0. The lowest BCUT2D eigenvalue weighted by Crippen LogP contribution is -2.35. The maximum atomic E-state index is 13.9. The van der Waals surface area contributed by atoms with Gasteiger partial charge < -0.3 is 10.1 Å². The molecule has 0 spiro atoms. The number of carbonyl (C=O) groups is 2.